The standard InChI is InChI=1S/C24H28N4O2S/c1-16(2)18-7-9-19(10-8-18)26-23(30)22(29)25-15-17-11-13-28(14-12-17)24-27-20-5-3-4-6-21(20)31-24/h3-10,16-17H,11-15H2,1-2H3,(H,25,29)(H,26,30). The lowest BCUT2D eigenvalue weighted by molar-refractivity contribution is -0.136. The van der Waals surface area contributed by atoms with Crippen LogP contribution in [0.1, 0.15) is 38.2 Å². The molecule has 1 aliphatic rings. The summed E-state index contributed by atoms with van der Waals surface area (Å²) in [4.78, 5) is 31.4. The molecule has 162 valence electrons. The molecule has 0 bridgehead atoms. The second-order valence-corrected chi connectivity index (χ2v) is 9.34. The Morgan fingerprint density at radius 1 is 1.06 bits per heavy atom. The van der Waals surface area contributed by atoms with Gasteiger partial charge < -0.3 is 15.5 Å². The summed E-state index contributed by atoms with van der Waals surface area (Å²) < 4.78 is 1.21. The molecule has 0 atom stereocenters. The number of hydrogen-bond acceptors (Lipinski definition) is 5. The van der Waals surface area contributed by atoms with Gasteiger partial charge in [0.15, 0.2) is 5.13 Å². The lowest BCUT2D eigenvalue weighted by Gasteiger charge is -2.31. The first-order valence-electron chi connectivity index (χ1n) is 10.8. The van der Waals surface area contributed by atoms with Gasteiger partial charge in [0.25, 0.3) is 0 Å². The molecular formula is C24H28N4O2S. The molecule has 3 aromatic rings. The average Bonchev–Trinajstić information content (AvgIpc) is 3.22. The molecule has 0 radical (unpaired) electrons. The van der Waals surface area contributed by atoms with Crippen molar-refractivity contribution in [3.63, 3.8) is 0 Å². The van der Waals surface area contributed by atoms with E-state index in [4.69, 9.17) is 4.98 Å². The van der Waals surface area contributed by atoms with Crippen LogP contribution in [0.3, 0.4) is 0 Å². The summed E-state index contributed by atoms with van der Waals surface area (Å²) >= 11 is 1.72. The zero-order valence-corrected chi connectivity index (χ0v) is 18.7. The van der Waals surface area contributed by atoms with E-state index in [-0.39, 0.29) is 0 Å². The first-order chi connectivity index (χ1) is 15.0. The Morgan fingerprint density at radius 3 is 2.45 bits per heavy atom. The molecule has 0 aliphatic carbocycles. The number of rotatable bonds is 5. The van der Waals surface area contributed by atoms with Crippen molar-refractivity contribution in [1.29, 1.82) is 0 Å². The Balaban J connectivity index is 1.22. The maximum absolute atomic E-state index is 12.2. The first kappa shape index (κ1) is 21.3. The number of carbonyl (C=O) groups is 2. The van der Waals surface area contributed by atoms with E-state index in [1.54, 1.807) is 11.3 Å². The fourth-order valence-corrected chi connectivity index (χ4v) is 4.80. The van der Waals surface area contributed by atoms with E-state index in [2.05, 4.69) is 35.4 Å². The fraction of sp³-hybridized carbons (Fsp3) is 0.375. The zero-order valence-electron chi connectivity index (χ0n) is 17.9. The molecule has 31 heavy (non-hydrogen) atoms. The SMILES string of the molecule is CC(C)c1ccc(NC(=O)C(=O)NCC2CCN(c3nc4ccccc4s3)CC2)cc1. The quantitative estimate of drug-likeness (QED) is 0.582. The number of nitrogens with zero attached hydrogens (tertiary/aromatic N) is 2. The van der Waals surface area contributed by atoms with Gasteiger partial charge in [-0.25, -0.2) is 4.98 Å². The van der Waals surface area contributed by atoms with Gasteiger partial charge in [0.2, 0.25) is 0 Å². The van der Waals surface area contributed by atoms with Gasteiger partial charge in [-0.3, -0.25) is 9.59 Å². The second-order valence-electron chi connectivity index (χ2n) is 8.34. The molecule has 1 aromatic heterocycles. The van der Waals surface area contributed by atoms with Gasteiger partial charge in [-0.1, -0.05) is 49.4 Å². The van der Waals surface area contributed by atoms with Crippen molar-refractivity contribution in [2.45, 2.75) is 32.6 Å². The van der Waals surface area contributed by atoms with Crippen molar-refractivity contribution in [2.75, 3.05) is 29.9 Å². The van der Waals surface area contributed by atoms with Gasteiger partial charge in [0.1, 0.15) is 0 Å². The summed E-state index contributed by atoms with van der Waals surface area (Å²) in [6.45, 7) is 6.57. The number of hydrogen-bond donors (Lipinski definition) is 2. The molecule has 1 aliphatic heterocycles. The fourth-order valence-electron chi connectivity index (χ4n) is 3.78. The van der Waals surface area contributed by atoms with Crippen LogP contribution >= 0.6 is 11.3 Å². The molecule has 6 nitrogen and oxygen atoms in total. The molecule has 0 saturated carbocycles. The highest BCUT2D eigenvalue weighted by Crippen LogP contribution is 2.31. The van der Waals surface area contributed by atoms with Crippen molar-refractivity contribution >= 4 is 44.2 Å². The molecule has 4 rings (SSSR count). The monoisotopic (exact) mass is 436 g/mol. The lowest BCUT2D eigenvalue weighted by atomic mass is 9.97. The van der Waals surface area contributed by atoms with Crippen LogP contribution in [0.25, 0.3) is 10.2 Å². The van der Waals surface area contributed by atoms with Crippen LogP contribution in [0.15, 0.2) is 48.5 Å². The summed E-state index contributed by atoms with van der Waals surface area (Å²) in [6.07, 6.45) is 1.93. The maximum atomic E-state index is 12.2. The minimum atomic E-state index is -0.621. The highest BCUT2D eigenvalue weighted by Gasteiger charge is 2.23. The van der Waals surface area contributed by atoms with Crippen LogP contribution < -0.4 is 15.5 Å². The van der Waals surface area contributed by atoms with Gasteiger partial charge in [-0.15, -0.1) is 0 Å². The molecule has 1 saturated heterocycles. The predicted octanol–water partition coefficient (Wildman–Crippen LogP) is 4.39. The third kappa shape index (κ3) is 5.22. The number of benzene rings is 2. The summed E-state index contributed by atoms with van der Waals surface area (Å²) in [7, 11) is 0. The van der Waals surface area contributed by atoms with Crippen molar-refractivity contribution in [1.82, 2.24) is 10.3 Å². The minimum absolute atomic E-state index is 0.368. The van der Waals surface area contributed by atoms with Crippen molar-refractivity contribution in [3.8, 4) is 0 Å². The molecule has 0 spiro atoms. The van der Waals surface area contributed by atoms with Crippen LogP contribution in [0.2, 0.25) is 0 Å². The predicted molar refractivity (Wildman–Crippen MR) is 127 cm³/mol. The van der Waals surface area contributed by atoms with Gasteiger partial charge in [0.05, 0.1) is 10.2 Å². The van der Waals surface area contributed by atoms with Gasteiger partial charge in [-0.05, 0) is 54.5 Å². The highest BCUT2D eigenvalue weighted by atomic mass is 32.1. The number of thiazole rings is 1. The Kier molecular flexibility index (Phi) is 6.51. The van der Waals surface area contributed by atoms with E-state index in [1.807, 2.05) is 42.5 Å². The molecule has 1 fully saturated rings. The first-order valence-corrected chi connectivity index (χ1v) is 11.6. The third-order valence-electron chi connectivity index (χ3n) is 5.76. The minimum Gasteiger partial charge on any atom is -0.348 e. The number of carbonyl (C=O) groups excluding carboxylic acids is 2. The van der Waals surface area contributed by atoms with E-state index >= 15 is 0 Å². The normalized spacial score (nSPS) is 14.7. The van der Waals surface area contributed by atoms with Crippen LogP contribution in [0.4, 0.5) is 10.8 Å². The van der Waals surface area contributed by atoms with E-state index < -0.39 is 11.8 Å². The molecule has 2 N–H and O–H groups in total. The van der Waals surface area contributed by atoms with Crippen LogP contribution in [-0.2, 0) is 9.59 Å². The molecule has 2 aromatic carbocycles. The molecule has 0 unspecified atom stereocenters. The van der Waals surface area contributed by atoms with E-state index in [0.29, 0.717) is 24.1 Å². The summed E-state index contributed by atoms with van der Waals surface area (Å²) in [5.41, 5.74) is 2.87. The molecular weight excluding hydrogens is 408 g/mol. The number of nitrogens with one attached hydrogen (secondary N) is 2. The van der Waals surface area contributed by atoms with Crippen LogP contribution in [0.5, 0.6) is 0 Å². The number of anilines is 2. The smallest absolute Gasteiger partial charge is 0.313 e. The Labute approximate surface area is 186 Å². The number of piperidine rings is 1. The lowest BCUT2D eigenvalue weighted by Crippen LogP contribution is -2.41. The van der Waals surface area contributed by atoms with E-state index in [9.17, 15) is 9.59 Å². The van der Waals surface area contributed by atoms with E-state index in [1.165, 1.54) is 10.3 Å². The number of fused-ring (bicyclic) bond motifs is 1. The van der Waals surface area contributed by atoms with Gasteiger partial charge >= 0.3 is 11.8 Å². The second kappa shape index (κ2) is 9.47. The maximum Gasteiger partial charge on any atom is 0.313 e. The van der Waals surface area contributed by atoms with Gasteiger partial charge in [-0.2, -0.15) is 0 Å². The summed E-state index contributed by atoms with van der Waals surface area (Å²) in [6, 6.07) is 15.8. The average molecular weight is 437 g/mol. The number of amides is 2. The Bertz CT molecular complexity index is 1020. The van der Waals surface area contributed by atoms with Gasteiger partial charge in [0, 0.05) is 25.3 Å². The van der Waals surface area contributed by atoms with Crippen LogP contribution in [0, 0.1) is 5.92 Å². The van der Waals surface area contributed by atoms with E-state index in [0.717, 1.165) is 36.6 Å². The topological polar surface area (TPSA) is 74.3 Å². The van der Waals surface area contributed by atoms with Crippen molar-refractivity contribution < 1.29 is 9.59 Å². The number of para-hydroxylation sites is 1. The van der Waals surface area contributed by atoms with Crippen molar-refractivity contribution in [3.05, 3.63) is 54.1 Å². The molecule has 2 amide bonds. The van der Waals surface area contributed by atoms with Crippen molar-refractivity contribution in [2.24, 2.45) is 5.92 Å². The zero-order chi connectivity index (χ0) is 21.8. The summed E-state index contributed by atoms with van der Waals surface area (Å²) in [5.74, 6) is -0.410. The van der Waals surface area contributed by atoms with Crippen LogP contribution in [-0.4, -0.2) is 36.4 Å². The molecule has 2 heterocycles. The largest absolute Gasteiger partial charge is 0.348 e. The highest BCUT2D eigenvalue weighted by molar-refractivity contribution is 7.22. The molecule has 7 heteroatoms. The Morgan fingerprint density at radius 2 is 1.77 bits per heavy atom. The summed E-state index contributed by atoms with van der Waals surface area (Å²) in [5, 5.41) is 6.53. The third-order valence-corrected chi connectivity index (χ3v) is 6.86. The Hall–Kier alpha value is -2.93. The number of aromatic nitrogens is 1.